The molecule has 0 saturated heterocycles. The molecule has 2 nitrogen and oxygen atoms in total. The minimum atomic E-state index is -0.282. The smallest absolute Gasteiger partial charge is 0.127 e. The lowest BCUT2D eigenvalue weighted by Crippen LogP contribution is -2.18. The van der Waals surface area contributed by atoms with Crippen LogP contribution in [0.15, 0.2) is 42.5 Å². The molecule has 1 N–H and O–H groups in total. The first-order valence-electron chi connectivity index (χ1n) is 7.14. The number of hydrogen-bond acceptors (Lipinski definition) is 2. The van der Waals surface area contributed by atoms with E-state index in [1.807, 2.05) is 13.0 Å². The van der Waals surface area contributed by atoms with E-state index >= 15 is 0 Å². The number of nitrogens with one attached hydrogen (secondary N) is 1. The maximum absolute atomic E-state index is 13.7. The van der Waals surface area contributed by atoms with Crippen molar-refractivity contribution in [2.24, 2.45) is 0 Å². The summed E-state index contributed by atoms with van der Waals surface area (Å²) >= 11 is 0. The molecule has 0 aliphatic carbocycles. The van der Waals surface area contributed by atoms with Gasteiger partial charge in [0.25, 0.3) is 0 Å². The second kappa shape index (κ2) is 7.01. The zero-order valence-corrected chi connectivity index (χ0v) is 12.4. The van der Waals surface area contributed by atoms with Gasteiger partial charge in [-0.1, -0.05) is 31.2 Å². The Labute approximate surface area is 125 Å². The minimum absolute atomic E-state index is 0.126. The van der Waals surface area contributed by atoms with Gasteiger partial charge in [0.05, 0.1) is 11.6 Å². The lowest BCUT2D eigenvalue weighted by Gasteiger charge is -2.15. The van der Waals surface area contributed by atoms with Crippen molar-refractivity contribution in [2.75, 3.05) is 0 Å². The van der Waals surface area contributed by atoms with Gasteiger partial charge in [-0.15, -0.1) is 0 Å². The summed E-state index contributed by atoms with van der Waals surface area (Å²) in [6, 6.07) is 15.0. The van der Waals surface area contributed by atoms with Crippen LogP contribution in [0.4, 0.5) is 4.39 Å². The number of rotatable bonds is 5. The van der Waals surface area contributed by atoms with E-state index in [4.69, 9.17) is 5.26 Å². The van der Waals surface area contributed by atoms with Crippen molar-refractivity contribution in [3.63, 3.8) is 0 Å². The third kappa shape index (κ3) is 3.90. The number of nitrogens with zero attached hydrogens (tertiary/aromatic N) is 1. The van der Waals surface area contributed by atoms with Gasteiger partial charge in [-0.3, -0.25) is 0 Å². The molecule has 2 aromatic carbocycles. The Bertz CT molecular complexity index is 641. The molecular formula is C18H19FN2. The summed E-state index contributed by atoms with van der Waals surface area (Å²) in [5.74, 6) is -0.282. The van der Waals surface area contributed by atoms with Gasteiger partial charge in [0, 0.05) is 18.2 Å². The standard InChI is InChI=1S/C18H19FN2/c1-3-14-4-7-16(8-5-14)13(2)21-12-17-10-15(11-20)6-9-18(17)19/h4-10,13,21H,3,12H2,1-2H3. The molecule has 0 spiro atoms. The average molecular weight is 282 g/mol. The summed E-state index contributed by atoms with van der Waals surface area (Å²) in [6.07, 6.45) is 1.02. The van der Waals surface area contributed by atoms with Crippen LogP contribution < -0.4 is 5.32 Å². The van der Waals surface area contributed by atoms with E-state index in [1.54, 1.807) is 6.07 Å². The van der Waals surface area contributed by atoms with Crippen molar-refractivity contribution in [2.45, 2.75) is 32.9 Å². The van der Waals surface area contributed by atoms with E-state index in [0.717, 1.165) is 6.42 Å². The summed E-state index contributed by atoms with van der Waals surface area (Å²) < 4.78 is 13.7. The molecule has 0 bridgehead atoms. The second-order valence-corrected chi connectivity index (χ2v) is 5.12. The van der Waals surface area contributed by atoms with Crippen LogP contribution in [0.5, 0.6) is 0 Å². The predicted molar refractivity (Wildman–Crippen MR) is 82.2 cm³/mol. The Kier molecular flexibility index (Phi) is 5.08. The molecule has 0 radical (unpaired) electrons. The molecule has 0 fully saturated rings. The molecule has 1 unspecified atom stereocenters. The number of aryl methyl sites for hydroxylation is 1. The van der Waals surface area contributed by atoms with E-state index in [0.29, 0.717) is 17.7 Å². The monoisotopic (exact) mass is 282 g/mol. The lowest BCUT2D eigenvalue weighted by atomic mass is 10.0. The highest BCUT2D eigenvalue weighted by atomic mass is 19.1. The first kappa shape index (κ1) is 15.2. The Hall–Kier alpha value is -2.18. The summed E-state index contributed by atoms with van der Waals surface area (Å²) in [7, 11) is 0. The van der Waals surface area contributed by atoms with Gasteiger partial charge in [-0.2, -0.15) is 5.26 Å². The van der Waals surface area contributed by atoms with Gasteiger partial charge >= 0.3 is 0 Å². The Morgan fingerprint density at radius 3 is 2.52 bits per heavy atom. The normalized spacial score (nSPS) is 11.9. The van der Waals surface area contributed by atoms with Gasteiger partial charge in [0.1, 0.15) is 5.82 Å². The minimum Gasteiger partial charge on any atom is -0.306 e. The maximum Gasteiger partial charge on any atom is 0.127 e. The van der Waals surface area contributed by atoms with Crippen LogP contribution in [0.3, 0.4) is 0 Å². The highest BCUT2D eigenvalue weighted by Crippen LogP contribution is 2.16. The molecule has 2 rings (SSSR count). The van der Waals surface area contributed by atoms with Gasteiger partial charge < -0.3 is 5.32 Å². The molecule has 21 heavy (non-hydrogen) atoms. The maximum atomic E-state index is 13.7. The molecule has 3 heteroatoms. The second-order valence-electron chi connectivity index (χ2n) is 5.12. The van der Waals surface area contributed by atoms with E-state index in [1.165, 1.54) is 23.3 Å². The fraction of sp³-hybridized carbons (Fsp3) is 0.278. The van der Waals surface area contributed by atoms with Gasteiger partial charge in [-0.05, 0) is 42.7 Å². The molecule has 0 aliphatic rings. The number of hydrogen-bond donors (Lipinski definition) is 1. The summed E-state index contributed by atoms with van der Waals surface area (Å²) in [5.41, 5.74) is 3.47. The molecule has 0 aliphatic heterocycles. The van der Waals surface area contributed by atoms with Gasteiger partial charge in [0.15, 0.2) is 0 Å². The zero-order valence-electron chi connectivity index (χ0n) is 12.4. The Morgan fingerprint density at radius 2 is 1.90 bits per heavy atom. The van der Waals surface area contributed by atoms with Crippen molar-refractivity contribution in [1.29, 1.82) is 5.26 Å². The van der Waals surface area contributed by atoms with Crippen LogP contribution >= 0.6 is 0 Å². The summed E-state index contributed by atoms with van der Waals surface area (Å²) in [4.78, 5) is 0. The van der Waals surface area contributed by atoms with Crippen LogP contribution in [-0.2, 0) is 13.0 Å². The summed E-state index contributed by atoms with van der Waals surface area (Å²) in [5, 5.41) is 12.2. The number of halogens is 1. The van der Waals surface area contributed by atoms with Crippen molar-refractivity contribution >= 4 is 0 Å². The fourth-order valence-corrected chi connectivity index (χ4v) is 2.20. The first-order chi connectivity index (χ1) is 10.1. The highest BCUT2D eigenvalue weighted by Gasteiger charge is 2.08. The molecule has 108 valence electrons. The van der Waals surface area contributed by atoms with Crippen molar-refractivity contribution in [3.8, 4) is 6.07 Å². The van der Waals surface area contributed by atoms with Crippen LogP contribution in [0.2, 0.25) is 0 Å². The molecule has 1 atom stereocenters. The quantitative estimate of drug-likeness (QED) is 0.895. The van der Waals surface area contributed by atoms with Crippen molar-refractivity contribution in [3.05, 3.63) is 70.5 Å². The van der Waals surface area contributed by atoms with E-state index < -0.39 is 0 Å². The van der Waals surface area contributed by atoms with E-state index in [-0.39, 0.29) is 11.9 Å². The summed E-state index contributed by atoms with van der Waals surface area (Å²) in [6.45, 7) is 4.58. The first-order valence-corrected chi connectivity index (χ1v) is 7.14. The molecule has 0 saturated carbocycles. The van der Waals surface area contributed by atoms with Crippen molar-refractivity contribution < 1.29 is 4.39 Å². The molecular weight excluding hydrogens is 263 g/mol. The largest absolute Gasteiger partial charge is 0.306 e. The predicted octanol–water partition coefficient (Wildman–Crippen LogP) is 4.11. The third-order valence-corrected chi connectivity index (χ3v) is 3.66. The average Bonchev–Trinajstić information content (AvgIpc) is 2.54. The number of benzene rings is 2. The SMILES string of the molecule is CCc1ccc(C(C)NCc2cc(C#N)ccc2F)cc1. The van der Waals surface area contributed by atoms with Crippen LogP contribution in [0.1, 0.15) is 42.1 Å². The fourth-order valence-electron chi connectivity index (χ4n) is 2.20. The molecule has 2 aromatic rings. The van der Waals surface area contributed by atoms with Gasteiger partial charge in [0.2, 0.25) is 0 Å². The lowest BCUT2D eigenvalue weighted by molar-refractivity contribution is 0.544. The van der Waals surface area contributed by atoms with Crippen molar-refractivity contribution in [1.82, 2.24) is 5.32 Å². The third-order valence-electron chi connectivity index (χ3n) is 3.66. The van der Waals surface area contributed by atoms with E-state index in [2.05, 4.69) is 36.5 Å². The zero-order chi connectivity index (χ0) is 15.2. The Morgan fingerprint density at radius 1 is 1.19 bits per heavy atom. The van der Waals surface area contributed by atoms with Crippen LogP contribution in [-0.4, -0.2) is 0 Å². The topological polar surface area (TPSA) is 35.8 Å². The Balaban J connectivity index is 2.03. The van der Waals surface area contributed by atoms with E-state index in [9.17, 15) is 4.39 Å². The molecule has 0 aromatic heterocycles. The molecule has 0 heterocycles. The number of nitriles is 1. The van der Waals surface area contributed by atoms with Gasteiger partial charge in [-0.25, -0.2) is 4.39 Å². The van der Waals surface area contributed by atoms with Crippen LogP contribution in [0.25, 0.3) is 0 Å². The van der Waals surface area contributed by atoms with Crippen LogP contribution in [0, 0.1) is 17.1 Å². The highest BCUT2D eigenvalue weighted by molar-refractivity contribution is 5.34. The molecule has 0 amide bonds.